The van der Waals surface area contributed by atoms with Gasteiger partial charge in [0.2, 0.25) is 0 Å². The molecule has 2 N–H and O–H groups in total. The van der Waals surface area contributed by atoms with Gasteiger partial charge in [0.15, 0.2) is 5.75 Å². The summed E-state index contributed by atoms with van der Waals surface area (Å²) in [7, 11) is 0. The maximum absolute atomic E-state index is 10.8. The van der Waals surface area contributed by atoms with E-state index in [1.54, 1.807) is 12.1 Å². The molecular weight excluding hydrogens is 142 g/mol. The molecule has 0 unspecified atom stereocenters. The third-order valence-electron chi connectivity index (χ3n) is 1.38. The van der Waals surface area contributed by atoms with Gasteiger partial charge in [-0.3, -0.25) is 4.79 Å². The number of aromatic nitrogens is 1. The van der Waals surface area contributed by atoms with Crippen LogP contribution in [0.2, 0.25) is 0 Å². The van der Waals surface area contributed by atoms with Crippen LogP contribution in [0.15, 0.2) is 29.7 Å². The average Bonchev–Trinajstić information content (AvgIpc) is 1.99. The Hall–Kier alpha value is -1.51. The van der Waals surface area contributed by atoms with Crippen LogP contribution in [0.1, 0.15) is 5.56 Å². The first kappa shape index (κ1) is 7.60. The molecule has 0 radical (unpaired) electrons. The SMILES string of the molecule is C=CCc1cc[nH]c(=O)c1O. The zero-order valence-electron chi connectivity index (χ0n) is 6.00. The number of H-pyrrole nitrogens is 1. The van der Waals surface area contributed by atoms with Crippen molar-refractivity contribution in [2.24, 2.45) is 0 Å². The number of rotatable bonds is 2. The number of hydrogen-bond donors (Lipinski definition) is 2. The van der Waals surface area contributed by atoms with Crippen molar-refractivity contribution >= 4 is 0 Å². The molecule has 1 aromatic heterocycles. The second kappa shape index (κ2) is 3.05. The Bertz CT molecular complexity index is 314. The summed E-state index contributed by atoms with van der Waals surface area (Å²) in [6.45, 7) is 3.50. The summed E-state index contributed by atoms with van der Waals surface area (Å²) in [6.07, 6.45) is 3.64. The van der Waals surface area contributed by atoms with Gasteiger partial charge < -0.3 is 10.1 Å². The van der Waals surface area contributed by atoms with Crippen molar-refractivity contribution in [1.82, 2.24) is 4.98 Å². The molecule has 0 saturated heterocycles. The van der Waals surface area contributed by atoms with Crippen LogP contribution in [0.25, 0.3) is 0 Å². The Morgan fingerprint density at radius 1 is 1.73 bits per heavy atom. The Labute approximate surface area is 64.0 Å². The summed E-state index contributed by atoms with van der Waals surface area (Å²) in [4.78, 5) is 13.1. The second-order valence-corrected chi connectivity index (χ2v) is 2.17. The van der Waals surface area contributed by atoms with Crippen LogP contribution in [-0.4, -0.2) is 10.1 Å². The molecular formula is C8H9NO2. The maximum atomic E-state index is 10.8. The van der Waals surface area contributed by atoms with E-state index >= 15 is 0 Å². The van der Waals surface area contributed by atoms with Gasteiger partial charge in [-0.2, -0.15) is 0 Å². The molecule has 0 aliphatic rings. The lowest BCUT2D eigenvalue weighted by molar-refractivity contribution is 0.461. The number of aromatic hydroxyl groups is 1. The number of nitrogens with one attached hydrogen (secondary N) is 1. The molecule has 0 aliphatic heterocycles. The van der Waals surface area contributed by atoms with E-state index in [9.17, 15) is 4.79 Å². The van der Waals surface area contributed by atoms with Gasteiger partial charge in [0.1, 0.15) is 0 Å². The van der Waals surface area contributed by atoms with Crippen LogP contribution >= 0.6 is 0 Å². The van der Waals surface area contributed by atoms with Crippen LogP contribution < -0.4 is 5.56 Å². The predicted molar refractivity (Wildman–Crippen MR) is 42.6 cm³/mol. The maximum Gasteiger partial charge on any atom is 0.290 e. The lowest BCUT2D eigenvalue weighted by atomic mass is 10.2. The van der Waals surface area contributed by atoms with Crippen molar-refractivity contribution in [1.29, 1.82) is 0 Å². The summed E-state index contributed by atoms with van der Waals surface area (Å²) in [6, 6.07) is 1.65. The Morgan fingerprint density at radius 2 is 2.45 bits per heavy atom. The van der Waals surface area contributed by atoms with E-state index in [1.807, 2.05) is 0 Å². The molecule has 0 aliphatic carbocycles. The van der Waals surface area contributed by atoms with Crippen molar-refractivity contribution in [3.63, 3.8) is 0 Å². The fourth-order valence-corrected chi connectivity index (χ4v) is 0.831. The number of pyridine rings is 1. The zero-order chi connectivity index (χ0) is 8.27. The van der Waals surface area contributed by atoms with Crippen LogP contribution in [-0.2, 0) is 6.42 Å². The quantitative estimate of drug-likeness (QED) is 0.614. The van der Waals surface area contributed by atoms with Crippen molar-refractivity contribution < 1.29 is 5.11 Å². The largest absolute Gasteiger partial charge is 0.503 e. The molecule has 3 nitrogen and oxygen atoms in total. The van der Waals surface area contributed by atoms with Gasteiger partial charge in [-0.15, -0.1) is 6.58 Å². The van der Waals surface area contributed by atoms with Crippen LogP contribution in [0.3, 0.4) is 0 Å². The highest BCUT2D eigenvalue weighted by Gasteiger charge is 2.00. The average molecular weight is 151 g/mol. The highest BCUT2D eigenvalue weighted by atomic mass is 16.3. The molecule has 0 bridgehead atoms. The summed E-state index contributed by atoms with van der Waals surface area (Å²) in [5, 5.41) is 9.14. The first-order valence-corrected chi connectivity index (χ1v) is 3.26. The highest BCUT2D eigenvalue weighted by molar-refractivity contribution is 5.29. The molecule has 58 valence electrons. The van der Waals surface area contributed by atoms with E-state index in [1.165, 1.54) is 6.20 Å². The van der Waals surface area contributed by atoms with Gasteiger partial charge >= 0.3 is 0 Å². The number of aromatic amines is 1. The predicted octanol–water partition coefficient (Wildman–Crippen LogP) is 0.809. The zero-order valence-corrected chi connectivity index (χ0v) is 6.00. The molecule has 0 atom stereocenters. The molecule has 3 heteroatoms. The van der Waals surface area contributed by atoms with Crippen molar-refractivity contribution in [3.05, 3.63) is 40.8 Å². The van der Waals surface area contributed by atoms with Crippen molar-refractivity contribution in [3.8, 4) is 5.75 Å². The van der Waals surface area contributed by atoms with E-state index in [2.05, 4.69) is 11.6 Å². The lowest BCUT2D eigenvalue weighted by Crippen LogP contribution is -2.05. The van der Waals surface area contributed by atoms with E-state index in [0.29, 0.717) is 12.0 Å². The number of allylic oxidation sites excluding steroid dienone is 1. The van der Waals surface area contributed by atoms with Gasteiger partial charge in [0.25, 0.3) is 5.56 Å². The fourth-order valence-electron chi connectivity index (χ4n) is 0.831. The summed E-state index contributed by atoms with van der Waals surface area (Å²) in [5.41, 5.74) is 0.146. The van der Waals surface area contributed by atoms with Gasteiger partial charge in [-0.05, 0) is 12.5 Å². The smallest absolute Gasteiger partial charge is 0.290 e. The van der Waals surface area contributed by atoms with Crippen molar-refractivity contribution in [2.75, 3.05) is 0 Å². The third kappa shape index (κ3) is 1.49. The molecule has 1 heterocycles. The van der Waals surface area contributed by atoms with E-state index in [4.69, 9.17) is 5.11 Å². The molecule has 1 aromatic rings. The van der Waals surface area contributed by atoms with Gasteiger partial charge in [0.05, 0.1) is 0 Å². The highest BCUT2D eigenvalue weighted by Crippen LogP contribution is 2.09. The van der Waals surface area contributed by atoms with Crippen LogP contribution in [0.4, 0.5) is 0 Å². The third-order valence-corrected chi connectivity index (χ3v) is 1.38. The van der Waals surface area contributed by atoms with E-state index in [0.717, 1.165) is 0 Å². The van der Waals surface area contributed by atoms with Crippen molar-refractivity contribution in [2.45, 2.75) is 6.42 Å². The molecule has 11 heavy (non-hydrogen) atoms. The summed E-state index contributed by atoms with van der Waals surface area (Å²) >= 11 is 0. The van der Waals surface area contributed by atoms with E-state index in [-0.39, 0.29) is 5.75 Å². The van der Waals surface area contributed by atoms with Crippen LogP contribution in [0.5, 0.6) is 5.75 Å². The summed E-state index contributed by atoms with van der Waals surface area (Å²) < 4.78 is 0. The molecule has 0 fully saturated rings. The topological polar surface area (TPSA) is 53.1 Å². The summed E-state index contributed by atoms with van der Waals surface area (Å²) in [5.74, 6) is -0.215. The minimum atomic E-state index is -0.454. The van der Waals surface area contributed by atoms with E-state index < -0.39 is 5.56 Å². The first-order valence-electron chi connectivity index (χ1n) is 3.26. The van der Waals surface area contributed by atoms with Gasteiger partial charge in [0, 0.05) is 11.8 Å². The molecule has 0 aromatic carbocycles. The minimum absolute atomic E-state index is 0.215. The fraction of sp³-hybridized carbons (Fsp3) is 0.125. The Kier molecular flexibility index (Phi) is 2.11. The molecule has 1 rings (SSSR count). The Morgan fingerprint density at radius 3 is 3.09 bits per heavy atom. The minimum Gasteiger partial charge on any atom is -0.503 e. The lowest BCUT2D eigenvalue weighted by Gasteiger charge is -1.97. The molecule has 0 spiro atoms. The number of hydrogen-bond acceptors (Lipinski definition) is 2. The monoisotopic (exact) mass is 151 g/mol. The van der Waals surface area contributed by atoms with Crippen LogP contribution in [0, 0.1) is 0 Å². The van der Waals surface area contributed by atoms with Gasteiger partial charge in [-0.25, -0.2) is 0 Å². The second-order valence-electron chi connectivity index (χ2n) is 2.17. The first-order chi connectivity index (χ1) is 5.25. The molecule has 0 amide bonds. The van der Waals surface area contributed by atoms with Gasteiger partial charge in [-0.1, -0.05) is 6.08 Å². The Balaban J connectivity index is 3.16. The standard InChI is InChI=1S/C8H9NO2/c1-2-3-6-4-5-9-8(11)7(6)10/h2,4-5,10H,1,3H2,(H,9,11). The molecule has 0 saturated carbocycles. The normalized spacial score (nSPS) is 9.45.